The van der Waals surface area contributed by atoms with Gasteiger partial charge in [0.25, 0.3) is 0 Å². The number of hydrogen-bond acceptors (Lipinski definition) is 3. The van der Waals surface area contributed by atoms with E-state index in [-0.39, 0.29) is 0 Å². The first-order valence-corrected chi connectivity index (χ1v) is 7.10. The van der Waals surface area contributed by atoms with Crippen molar-refractivity contribution in [3.05, 3.63) is 16.4 Å². The standard InChI is InChI=1S/C13H23ClN4/c1-5-18-12(13(14)11(4)16-18)8-17-7-9(2)15-6-10(17)3/h9-10,15H,5-8H2,1-4H3. The first-order valence-electron chi connectivity index (χ1n) is 6.72. The highest BCUT2D eigenvalue weighted by Gasteiger charge is 2.24. The van der Waals surface area contributed by atoms with E-state index in [2.05, 4.69) is 36.1 Å². The zero-order valence-electron chi connectivity index (χ0n) is 11.7. The second kappa shape index (κ2) is 5.59. The molecular weight excluding hydrogens is 248 g/mol. The summed E-state index contributed by atoms with van der Waals surface area (Å²) in [5.74, 6) is 0. The number of halogens is 1. The summed E-state index contributed by atoms with van der Waals surface area (Å²) in [6, 6.07) is 1.08. The first kappa shape index (κ1) is 13.8. The van der Waals surface area contributed by atoms with Crippen LogP contribution in [-0.2, 0) is 13.1 Å². The minimum absolute atomic E-state index is 0.540. The topological polar surface area (TPSA) is 33.1 Å². The molecule has 2 heterocycles. The van der Waals surface area contributed by atoms with Gasteiger partial charge in [-0.15, -0.1) is 0 Å². The lowest BCUT2D eigenvalue weighted by Crippen LogP contribution is -2.53. The van der Waals surface area contributed by atoms with Gasteiger partial charge in [-0.2, -0.15) is 5.10 Å². The molecule has 5 heteroatoms. The average Bonchev–Trinajstić information content (AvgIpc) is 2.61. The molecular formula is C13H23ClN4. The Labute approximate surface area is 114 Å². The number of nitrogens with one attached hydrogen (secondary N) is 1. The van der Waals surface area contributed by atoms with Gasteiger partial charge in [-0.05, 0) is 27.7 Å². The first-order chi connectivity index (χ1) is 8.52. The minimum atomic E-state index is 0.540. The zero-order valence-corrected chi connectivity index (χ0v) is 12.5. The molecule has 1 aromatic heterocycles. The summed E-state index contributed by atoms with van der Waals surface area (Å²) in [5.41, 5.74) is 2.09. The normalized spacial score (nSPS) is 25.6. The Hall–Kier alpha value is -0.580. The Morgan fingerprint density at radius 3 is 2.83 bits per heavy atom. The maximum Gasteiger partial charge on any atom is 0.0860 e. The van der Waals surface area contributed by atoms with Crippen LogP contribution in [0.15, 0.2) is 0 Å². The summed E-state index contributed by atoms with van der Waals surface area (Å²) in [5, 5.41) is 8.81. The Morgan fingerprint density at radius 1 is 1.44 bits per heavy atom. The van der Waals surface area contributed by atoms with Crippen molar-refractivity contribution in [1.82, 2.24) is 20.0 Å². The lowest BCUT2D eigenvalue weighted by Gasteiger charge is -2.37. The molecule has 1 aromatic rings. The second-order valence-electron chi connectivity index (χ2n) is 5.25. The molecule has 0 radical (unpaired) electrons. The van der Waals surface area contributed by atoms with Crippen molar-refractivity contribution in [3.63, 3.8) is 0 Å². The average molecular weight is 271 g/mol. The van der Waals surface area contributed by atoms with Crippen molar-refractivity contribution in [3.8, 4) is 0 Å². The molecule has 0 amide bonds. The Kier molecular flexibility index (Phi) is 4.30. The van der Waals surface area contributed by atoms with E-state index in [9.17, 15) is 0 Å². The van der Waals surface area contributed by atoms with E-state index in [4.69, 9.17) is 11.6 Å². The molecule has 4 nitrogen and oxygen atoms in total. The summed E-state index contributed by atoms with van der Waals surface area (Å²) >= 11 is 6.37. The molecule has 0 saturated carbocycles. The van der Waals surface area contributed by atoms with Crippen molar-refractivity contribution in [2.45, 2.75) is 52.9 Å². The summed E-state index contributed by atoms with van der Waals surface area (Å²) < 4.78 is 2.02. The molecule has 102 valence electrons. The molecule has 18 heavy (non-hydrogen) atoms. The van der Waals surface area contributed by atoms with E-state index in [0.717, 1.165) is 42.6 Å². The van der Waals surface area contributed by atoms with E-state index in [0.29, 0.717) is 12.1 Å². The van der Waals surface area contributed by atoms with Crippen molar-refractivity contribution in [2.24, 2.45) is 0 Å². The van der Waals surface area contributed by atoms with Gasteiger partial charge in [0.15, 0.2) is 0 Å². The number of nitrogens with zero attached hydrogens (tertiary/aromatic N) is 3. The summed E-state index contributed by atoms with van der Waals surface area (Å²) in [6.45, 7) is 12.4. The molecule has 0 bridgehead atoms. The van der Waals surface area contributed by atoms with Gasteiger partial charge in [0.1, 0.15) is 0 Å². The molecule has 1 aliphatic rings. The molecule has 1 fully saturated rings. The SMILES string of the molecule is CCn1nc(C)c(Cl)c1CN1CC(C)NCC1C. The molecule has 2 rings (SSSR count). The Morgan fingerprint density at radius 2 is 2.17 bits per heavy atom. The van der Waals surface area contributed by atoms with E-state index in [1.54, 1.807) is 0 Å². The highest BCUT2D eigenvalue weighted by Crippen LogP contribution is 2.23. The van der Waals surface area contributed by atoms with Crippen molar-refractivity contribution in [2.75, 3.05) is 13.1 Å². The Balaban J connectivity index is 2.17. The molecule has 1 saturated heterocycles. The number of hydrogen-bond donors (Lipinski definition) is 1. The highest BCUT2D eigenvalue weighted by molar-refractivity contribution is 6.31. The van der Waals surface area contributed by atoms with E-state index >= 15 is 0 Å². The van der Waals surface area contributed by atoms with Crippen molar-refractivity contribution < 1.29 is 0 Å². The zero-order chi connectivity index (χ0) is 13.3. The molecule has 2 unspecified atom stereocenters. The van der Waals surface area contributed by atoms with Gasteiger partial charge in [0.05, 0.1) is 16.4 Å². The molecule has 1 aliphatic heterocycles. The number of aromatic nitrogens is 2. The van der Waals surface area contributed by atoms with E-state index in [1.165, 1.54) is 0 Å². The van der Waals surface area contributed by atoms with Gasteiger partial charge in [0, 0.05) is 38.3 Å². The van der Waals surface area contributed by atoms with Crippen LogP contribution in [-0.4, -0.2) is 39.9 Å². The Bertz CT molecular complexity index is 415. The fourth-order valence-electron chi connectivity index (χ4n) is 2.53. The van der Waals surface area contributed by atoms with Crippen LogP contribution < -0.4 is 5.32 Å². The summed E-state index contributed by atoms with van der Waals surface area (Å²) in [6.07, 6.45) is 0. The van der Waals surface area contributed by atoms with Gasteiger partial charge in [0.2, 0.25) is 0 Å². The largest absolute Gasteiger partial charge is 0.311 e. The van der Waals surface area contributed by atoms with Gasteiger partial charge in [-0.25, -0.2) is 0 Å². The van der Waals surface area contributed by atoms with Gasteiger partial charge in [-0.1, -0.05) is 11.6 Å². The minimum Gasteiger partial charge on any atom is -0.311 e. The van der Waals surface area contributed by atoms with Crippen LogP contribution in [0.2, 0.25) is 5.02 Å². The van der Waals surface area contributed by atoms with Crippen LogP contribution >= 0.6 is 11.6 Å². The number of aryl methyl sites for hydroxylation is 2. The molecule has 0 spiro atoms. The second-order valence-corrected chi connectivity index (χ2v) is 5.63. The molecule has 2 atom stereocenters. The third kappa shape index (κ3) is 2.71. The maximum absolute atomic E-state index is 6.37. The maximum atomic E-state index is 6.37. The monoisotopic (exact) mass is 270 g/mol. The fraction of sp³-hybridized carbons (Fsp3) is 0.769. The van der Waals surface area contributed by atoms with Crippen molar-refractivity contribution in [1.29, 1.82) is 0 Å². The smallest absolute Gasteiger partial charge is 0.0860 e. The molecule has 1 N–H and O–H groups in total. The van der Waals surface area contributed by atoms with Crippen LogP contribution in [0, 0.1) is 6.92 Å². The third-order valence-corrected chi connectivity index (χ3v) is 4.19. The van der Waals surface area contributed by atoms with Gasteiger partial charge < -0.3 is 5.32 Å². The van der Waals surface area contributed by atoms with Crippen LogP contribution in [0.4, 0.5) is 0 Å². The molecule has 0 aliphatic carbocycles. The predicted octanol–water partition coefficient (Wildman–Crippen LogP) is 2.05. The van der Waals surface area contributed by atoms with E-state index in [1.807, 2.05) is 11.6 Å². The fourth-order valence-corrected chi connectivity index (χ4v) is 2.73. The van der Waals surface area contributed by atoms with Gasteiger partial charge in [-0.3, -0.25) is 9.58 Å². The van der Waals surface area contributed by atoms with Crippen molar-refractivity contribution >= 4 is 11.6 Å². The predicted molar refractivity (Wildman–Crippen MR) is 75.0 cm³/mol. The van der Waals surface area contributed by atoms with Crippen LogP contribution in [0.5, 0.6) is 0 Å². The summed E-state index contributed by atoms with van der Waals surface area (Å²) in [7, 11) is 0. The lowest BCUT2D eigenvalue weighted by atomic mass is 10.1. The quantitative estimate of drug-likeness (QED) is 0.913. The van der Waals surface area contributed by atoms with Crippen LogP contribution in [0.25, 0.3) is 0 Å². The lowest BCUT2D eigenvalue weighted by molar-refractivity contribution is 0.135. The van der Waals surface area contributed by atoms with E-state index < -0.39 is 0 Å². The summed E-state index contributed by atoms with van der Waals surface area (Å²) in [4.78, 5) is 2.48. The number of rotatable bonds is 3. The number of piperazine rings is 1. The third-order valence-electron chi connectivity index (χ3n) is 3.70. The molecule has 0 aromatic carbocycles. The van der Waals surface area contributed by atoms with Gasteiger partial charge >= 0.3 is 0 Å². The van der Waals surface area contributed by atoms with Crippen LogP contribution in [0.3, 0.4) is 0 Å². The highest BCUT2D eigenvalue weighted by atomic mass is 35.5. The van der Waals surface area contributed by atoms with Crippen LogP contribution in [0.1, 0.15) is 32.2 Å².